The molecular weight excluding hydrogens is 538 g/mol. The molecule has 0 saturated carbocycles. The van der Waals surface area contributed by atoms with Crippen LogP contribution in [0.25, 0.3) is 0 Å². The van der Waals surface area contributed by atoms with Gasteiger partial charge in [-0.15, -0.1) is 0 Å². The quantitative estimate of drug-likeness (QED) is 0.359. The van der Waals surface area contributed by atoms with Gasteiger partial charge in [-0.2, -0.15) is 0 Å². The third kappa shape index (κ3) is 7.10. The Bertz CT molecular complexity index is 1430. The van der Waals surface area contributed by atoms with Gasteiger partial charge in [0, 0.05) is 13.1 Å². The van der Waals surface area contributed by atoms with Gasteiger partial charge in [-0.05, 0) is 69.2 Å². The third-order valence-corrected chi connectivity index (χ3v) is 8.51. The van der Waals surface area contributed by atoms with Crippen molar-refractivity contribution in [2.45, 2.75) is 45.2 Å². The van der Waals surface area contributed by atoms with E-state index in [1.165, 1.54) is 36.3 Å². The highest BCUT2D eigenvalue weighted by molar-refractivity contribution is 7.92. The maximum absolute atomic E-state index is 13.9. The highest BCUT2D eigenvalue weighted by Gasteiger charge is 2.33. The summed E-state index contributed by atoms with van der Waals surface area (Å²) in [6, 6.07) is 17.6. The monoisotopic (exact) mass is 571 g/mol. The molecule has 0 saturated heterocycles. The fraction of sp³-hybridized carbons (Fsp3) is 0.310. The number of carbonyl (C=O) groups is 2. The normalized spacial score (nSPS) is 11.9. The van der Waals surface area contributed by atoms with E-state index in [0.717, 1.165) is 21.0 Å². The van der Waals surface area contributed by atoms with Crippen LogP contribution in [0.3, 0.4) is 0 Å². The first-order valence-electron chi connectivity index (χ1n) is 12.5. The number of likely N-dealkylation sites (N-methyl/N-ethyl adjacent to an activating group) is 1. The van der Waals surface area contributed by atoms with Crippen LogP contribution in [0, 0.1) is 13.8 Å². The molecule has 3 rings (SSSR count). The Hall–Kier alpha value is -3.56. The number of amides is 2. The van der Waals surface area contributed by atoms with Crippen LogP contribution in [0.4, 0.5) is 5.69 Å². The summed E-state index contributed by atoms with van der Waals surface area (Å²) in [6.07, 6.45) is 0. The summed E-state index contributed by atoms with van der Waals surface area (Å²) in [5, 5.41) is 2.95. The van der Waals surface area contributed by atoms with Crippen molar-refractivity contribution in [2.24, 2.45) is 0 Å². The Balaban J connectivity index is 2.08. The molecule has 1 unspecified atom stereocenters. The second-order valence-electron chi connectivity index (χ2n) is 9.16. The van der Waals surface area contributed by atoms with Gasteiger partial charge in [0.25, 0.3) is 10.0 Å². The molecule has 0 fully saturated rings. The average Bonchev–Trinajstić information content (AvgIpc) is 2.91. The van der Waals surface area contributed by atoms with E-state index in [4.69, 9.17) is 16.3 Å². The molecule has 0 aliphatic carbocycles. The molecule has 0 heterocycles. The zero-order chi connectivity index (χ0) is 28.7. The Labute approximate surface area is 235 Å². The van der Waals surface area contributed by atoms with Crippen LogP contribution in [0.2, 0.25) is 5.02 Å². The number of hydrogen-bond acceptors (Lipinski definition) is 5. The van der Waals surface area contributed by atoms with Gasteiger partial charge >= 0.3 is 0 Å². The highest BCUT2D eigenvalue weighted by Crippen LogP contribution is 2.32. The van der Waals surface area contributed by atoms with Gasteiger partial charge < -0.3 is 15.0 Å². The van der Waals surface area contributed by atoms with Gasteiger partial charge in [-0.25, -0.2) is 8.42 Å². The second kappa shape index (κ2) is 13.0. The van der Waals surface area contributed by atoms with Crippen molar-refractivity contribution in [1.82, 2.24) is 10.2 Å². The van der Waals surface area contributed by atoms with Gasteiger partial charge in [0.2, 0.25) is 11.8 Å². The molecule has 39 heavy (non-hydrogen) atoms. The molecule has 10 heteroatoms. The summed E-state index contributed by atoms with van der Waals surface area (Å²) in [5.74, 6) is -0.509. The van der Waals surface area contributed by atoms with Gasteiger partial charge in [0.05, 0.1) is 22.7 Å². The van der Waals surface area contributed by atoms with E-state index < -0.39 is 28.5 Å². The fourth-order valence-corrected chi connectivity index (χ4v) is 5.71. The SMILES string of the molecule is CCNC(=O)C(C)N(Cc1ccccc1C)C(=O)CN(c1ccc(OC)c(Cl)c1)S(=O)(=O)c1ccc(C)cc1. The molecule has 0 aliphatic rings. The van der Waals surface area contributed by atoms with Crippen LogP contribution in [0.15, 0.2) is 71.6 Å². The standard InChI is InChI=1S/C29H34ClN3O5S/c1-6-31-29(35)22(4)32(18-23-10-8-7-9-21(23)3)28(34)19-33(24-13-16-27(38-5)26(30)17-24)39(36,37)25-14-11-20(2)12-15-25/h7-17,22H,6,18-19H2,1-5H3,(H,31,35). The minimum Gasteiger partial charge on any atom is -0.495 e. The Morgan fingerprint density at radius 1 is 1.03 bits per heavy atom. The summed E-state index contributed by atoms with van der Waals surface area (Å²) in [7, 11) is -2.73. The maximum Gasteiger partial charge on any atom is 0.264 e. The largest absolute Gasteiger partial charge is 0.495 e. The zero-order valence-corrected chi connectivity index (χ0v) is 24.3. The van der Waals surface area contributed by atoms with Crippen molar-refractivity contribution in [1.29, 1.82) is 0 Å². The lowest BCUT2D eigenvalue weighted by Gasteiger charge is -2.32. The number of rotatable bonds is 11. The molecule has 3 aromatic rings. The third-order valence-electron chi connectivity index (χ3n) is 6.43. The molecule has 2 amide bonds. The molecule has 208 valence electrons. The van der Waals surface area contributed by atoms with Gasteiger partial charge in [-0.1, -0.05) is 53.6 Å². The van der Waals surface area contributed by atoms with E-state index in [-0.39, 0.29) is 28.1 Å². The summed E-state index contributed by atoms with van der Waals surface area (Å²) in [6.45, 7) is 7.18. The molecule has 0 aromatic heterocycles. The molecule has 1 N–H and O–H groups in total. The lowest BCUT2D eigenvalue weighted by Crippen LogP contribution is -2.51. The summed E-state index contributed by atoms with van der Waals surface area (Å²) in [4.78, 5) is 28.2. The number of halogens is 1. The van der Waals surface area contributed by atoms with Crippen LogP contribution < -0.4 is 14.4 Å². The number of anilines is 1. The van der Waals surface area contributed by atoms with Crippen LogP contribution in [-0.2, 0) is 26.2 Å². The van der Waals surface area contributed by atoms with E-state index in [1.54, 1.807) is 32.0 Å². The van der Waals surface area contributed by atoms with Crippen molar-refractivity contribution in [3.63, 3.8) is 0 Å². The maximum atomic E-state index is 13.9. The molecule has 1 atom stereocenters. The van der Waals surface area contributed by atoms with E-state index in [9.17, 15) is 18.0 Å². The highest BCUT2D eigenvalue weighted by atomic mass is 35.5. The number of aryl methyl sites for hydroxylation is 2. The van der Waals surface area contributed by atoms with E-state index >= 15 is 0 Å². The Morgan fingerprint density at radius 3 is 2.28 bits per heavy atom. The van der Waals surface area contributed by atoms with Crippen LogP contribution in [0.5, 0.6) is 5.75 Å². The van der Waals surface area contributed by atoms with Crippen molar-refractivity contribution in [2.75, 3.05) is 24.5 Å². The minimum absolute atomic E-state index is 0.0232. The molecule has 3 aromatic carbocycles. The number of nitrogens with one attached hydrogen (secondary N) is 1. The van der Waals surface area contributed by atoms with Crippen LogP contribution in [-0.4, -0.2) is 51.4 Å². The predicted molar refractivity (Wildman–Crippen MR) is 154 cm³/mol. The topological polar surface area (TPSA) is 96.0 Å². The van der Waals surface area contributed by atoms with Crippen LogP contribution >= 0.6 is 11.6 Å². The molecule has 0 bridgehead atoms. The first kappa shape index (κ1) is 30.0. The number of hydrogen-bond donors (Lipinski definition) is 1. The smallest absolute Gasteiger partial charge is 0.264 e. The zero-order valence-electron chi connectivity index (χ0n) is 22.8. The van der Waals surface area contributed by atoms with Crippen molar-refractivity contribution >= 4 is 39.1 Å². The Morgan fingerprint density at radius 2 is 1.69 bits per heavy atom. The predicted octanol–water partition coefficient (Wildman–Crippen LogP) is 4.71. The minimum atomic E-state index is -4.19. The second-order valence-corrected chi connectivity index (χ2v) is 11.4. The van der Waals surface area contributed by atoms with Gasteiger partial charge in [0.1, 0.15) is 18.3 Å². The molecular formula is C29H34ClN3O5S. The van der Waals surface area contributed by atoms with Crippen LogP contribution in [0.1, 0.15) is 30.5 Å². The molecule has 0 spiro atoms. The van der Waals surface area contributed by atoms with Gasteiger partial charge in [-0.3, -0.25) is 13.9 Å². The molecule has 0 aliphatic heterocycles. The van der Waals surface area contributed by atoms with Crippen molar-refractivity contribution < 1.29 is 22.7 Å². The van der Waals surface area contributed by atoms with E-state index in [2.05, 4.69) is 5.32 Å². The van der Waals surface area contributed by atoms with Crippen molar-refractivity contribution in [3.8, 4) is 5.75 Å². The first-order chi connectivity index (χ1) is 18.5. The number of nitrogens with zero attached hydrogens (tertiary/aromatic N) is 2. The summed E-state index contributed by atoms with van der Waals surface area (Å²) in [5.41, 5.74) is 2.88. The number of ether oxygens (including phenoxy) is 1. The average molecular weight is 572 g/mol. The summed E-state index contributed by atoms with van der Waals surface area (Å²) >= 11 is 6.35. The molecule has 8 nitrogen and oxygen atoms in total. The Kier molecular flexibility index (Phi) is 9.99. The van der Waals surface area contributed by atoms with Gasteiger partial charge in [0.15, 0.2) is 0 Å². The molecule has 0 radical (unpaired) electrons. The first-order valence-corrected chi connectivity index (χ1v) is 14.4. The fourth-order valence-electron chi connectivity index (χ4n) is 4.05. The lowest BCUT2D eigenvalue weighted by molar-refractivity contribution is -0.139. The summed E-state index contributed by atoms with van der Waals surface area (Å²) < 4.78 is 34.0. The number of carbonyl (C=O) groups excluding carboxylic acids is 2. The van der Waals surface area contributed by atoms with E-state index in [1.807, 2.05) is 38.1 Å². The van der Waals surface area contributed by atoms with E-state index in [0.29, 0.717) is 12.3 Å². The number of benzene rings is 3. The number of sulfonamides is 1. The number of methoxy groups -OCH3 is 1. The lowest BCUT2D eigenvalue weighted by atomic mass is 10.1. The van der Waals surface area contributed by atoms with Crippen molar-refractivity contribution in [3.05, 3.63) is 88.4 Å².